The molecule has 4 rings (SSSR count). The molecule has 0 saturated carbocycles. The summed E-state index contributed by atoms with van der Waals surface area (Å²) in [6.07, 6.45) is 4.00. The van der Waals surface area contributed by atoms with Gasteiger partial charge in [0.05, 0.1) is 5.69 Å². The summed E-state index contributed by atoms with van der Waals surface area (Å²) in [5.74, 6) is -0.343. The van der Waals surface area contributed by atoms with Crippen LogP contribution in [0.25, 0.3) is 5.69 Å². The highest BCUT2D eigenvalue weighted by Gasteiger charge is 2.33. The molecule has 1 aliphatic heterocycles. The van der Waals surface area contributed by atoms with E-state index >= 15 is 0 Å². The molecule has 1 aliphatic carbocycles. The molecule has 184 valence electrons. The molecule has 2 aromatic rings. The molecule has 0 bridgehead atoms. The number of hydrogen-bond donors (Lipinski definition) is 1. The van der Waals surface area contributed by atoms with Crippen LogP contribution in [0.5, 0.6) is 0 Å². The Labute approximate surface area is 201 Å². The van der Waals surface area contributed by atoms with E-state index in [1.807, 2.05) is 19.0 Å². The number of piperidine rings is 1. The van der Waals surface area contributed by atoms with Crippen LogP contribution in [-0.4, -0.2) is 71.7 Å². The maximum Gasteiger partial charge on any atom is 0.274 e. The third kappa shape index (κ3) is 5.32. The SMILES string of the molecule is CN(C)CC(C)(C)CNC(=O)C1CCN(C(=O)c2nn(-c3ccc(F)cc3)c3c2CCC3)CC1. The molecule has 1 saturated heterocycles. The van der Waals surface area contributed by atoms with Crippen LogP contribution in [0, 0.1) is 17.2 Å². The van der Waals surface area contributed by atoms with Gasteiger partial charge in [-0.15, -0.1) is 0 Å². The summed E-state index contributed by atoms with van der Waals surface area (Å²) in [5.41, 5.74) is 3.33. The quantitative estimate of drug-likeness (QED) is 0.677. The number of halogens is 1. The van der Waals surface area contributed by atoms with Crippen LogP contribution in [-0.2, 0) is 17.6 Å². The van der Waals surface area contributed by atoms with E-state index in [1.165, 1.54) is 12.1 Å². The summed E-state index contributed by atoms with van der Waals surface area (Å²) in [7, 11) is 4.07. The van der Waals surface area contributed by atoms with Crippen LogP contribution in [0.4, 0.5) is 4.39 Å². The Balaban J connectivity index is 1.38. The van der Waals surface area contributed by atoms with E-state index in [2.05, 4.69) is 29.2 Å². The van der Waals surface area contributed by atoms with E-state index in [0.717, 1.165) is 42.8 Å². The average molecular weight is 470 g/mol. The summed E-state index contributed by atoms with van der Waals surface area (Å²) < 4.78 is 15.2. The molecule has 2 aliphatic rings. The largest absolute Gasteiger partial charge is 0.355 e. The molecular weight excluding hydrogens is 433 g/mol. The number of rotatable bonds is 7. The van der Waals surface area contributed by atoms with Crippen molar-refractivity contribution in [1.82, 2.24) is 24.9 Å². The average Bonchev–Trinajstić information content (AvgIpc) is 3.40. The second-order valence-corrected chi connectivity index (χ2v) is 10.7. The predicted octanol–water partition coefficient (Wildman–Crippen LogP) is 3.06. The van der Waals surface area contributed by atoms with Gasteiger partial charge in [0.25, 0.3) is 5.91 Å². The lowest BCUT2D eigenvalue weighted by atomic mass is 9.91. The van der Waals surface area contributed by atoms with Gasteiger partial charge in [-0.1, -0.05) is 13.8 Å². The summed E-state index contributed by atoms with van der Waals surface area (Å²) >= 11 is 0. The Morgan fingerprint density at radius 2 is 1.82 bits per heavy atom. The van der Waals surface area contributed by atoms with E-state index in [0.29, 0.717) is 38.2 Å². The number of nitrogens with zero attached hydrogens (tertiary/aromatic N) is 4. The van der Waals surface area contributed by atoms with Gasteiger partial charge in [0.15, 0.2) is 5.69 Å². The third-order valence-corrected chi connectivity index (χ3v) is 6.84. The molecule has 0 radical (unpaired) electrons. The van der Waals surface area contributed by atoms with Crippen molar-refractivity contribution in [3.63, 3.8) is 0 Å². The minimum absolute atomic E-state index is 0.000442. The van der Waals surface area contributed by atoms with Gasteiger partial charge < -0.3 is 15.1 Å². The van der Waals surface area contributed by atoms with Gasteiger partial charge in [-0.25, -0.2) is 9.07 Å². The molecule has 1 aromatic heterocycles. The van der Waals surface area contributed by atoms with Gasteiger partial charge in [0.1, 0.15) is 5.82 Å². The summed E-state index contributed by atoms with van der Waals surface area (Å²) in [6, 6.07) is 6.22. The highest BCUT2D eigenvalue weighted by molar-refractivity contribution is 5.94. The Hall–Kier alpha value is -2.74. The van der Waals surface area contributed by atoms with Crippen molar-refractivity contribution in [2.24, 2.45) is 11.3 Å². The molecule has 1 N–H and O–H groups in total. The van der Waals surface area contributed by atoms with Crippen molar-refractivity contribution in [2.45, 2.75) is 46.0 Å². The van der Waals surface area contributed by atoms with Crippen LogP contribution < -0.4 is 5.32 Å². The maximum atomic E-state index is 13.4. The highest BCUT2D eigenvalue weighted by Crippen LogP contribution is 2.30. The molecule has 0 atom stereocenters. The number of likely N-dealkylation sites (tertiary alicyclic amines) is 1. The fourth-order valence-electron chi connectivity index (χ4n) is 5.28. The Bertz CT molecular complexity index is 1040. The minimum atomic E-state index is -0.294. The first-order chi connectivity index (χ1) is 16.1. The van der Waals surface area contributed by atoms with Crippen LogP contribution in [0.3, 0.4) is 0 Å². The van der Waals surface area contributed by atoms with Crippen molar-refractivity contribution in [2.75, 3.05) is 40.3 Å². The fraction of sp³-hybridized carbons (Fsp3) is 0.577. The number of benzene rings is 1. The fourth-order valence-corrected chi connectivity index (χ4v) is 5.28. The number of nitrogens with one attached hydrogen (secondary N) is 1. The lowest BCUT2D eigenvalue weighted by Gasteiger charge is -2.33. The molecular formula is C26H36FN5O2. The number of hydrogen-bond acceptors (Lipinski definition) is 4. The lowest BCUT2D eigenvalue weighted by molar-refractivity contribution is -0.126. The Morgan fingerprint density at radius 1 is 1.15 bits per heavy atom. The maximum absolute atomic E-state index is 13.4. The molecule has 8 heteroatoms. The first kappa shape index (κ1) is 24.4. The van der Waals surface area contributed by atoms with Crippen molar-refractivity contribution < 1.29 is 14.0 Å². The first-order valence-electron chi connectivity index (χ1n) is 12.2. The van der Waals surface area contributed by atoms with Gasteiger partial charge >= 0.3 is 0 Å². The molecule has 0 unspecified atom stereocenters. The van der Waals surface area contributed by atoms with E-state index in [1.54, 1.807) is 16.8 Å². The Morgan fingerprint density at radius 3 is 2.47 bits per heavy atom. The standard InChI is InChI=1S/C26H36FN5O2/c1-26(2,17-30(3)4)16-28-24(33)18-12-14-31(15-13-18)25(34)23-21-6-5-7-22(21)32(29-23)20-10-8-19(27)9-11-20/h8-11,18H,5-7,12-17H2,1-4H3,(H,28,33). The summed E-state index contributed by atoms with van der Waals surface area (Å²) in [5, 5.41) is 7.78. The second kappa shape index (κ2) is 9.86. The molecule has 34 heavy (non-hydrogen) atoms. The lowest BCUT2D eigenvalue weighted by Crippen LogP contribution is -2.46. The van der Waals surface area contributed by atoms with E-state index in [9.17, 15) is 14.0 Å². The predicted molar refractivity (Wildman–Crippen MR) is 130 cm³/mol. The van der Waals surface area contributed by atoms with Crippen molar-refractivity contribution >= 4 is 11.8 Å². The summed E-state index contributed by atoms with van der Waals surface area (Å²) in [6.45, 7) is 6.94. The minimum Gasteiger partial charge on any atom is -0.355 e. The number of aromatic nitrogens is 2. The zero-order chi connectivity index (χ0) is 24.5. The molecule has 2 heterocycles. The zero-order valence-electron chi connectivity index (χ0n) is 20.7. The van der Waals surface area contributed by atoms with Crippen LogP contribution in [0.2, 0.25) is 0 Å². The highest BCUT2D eigenvalue weighted by atomic mass is 19.1. The number of carbonyl (C=O) groups excluding carboxylic acids is 2. The van der Waals surface area contributed by atoms with Crippen LogP contribution >= 0.6 is 0 Å². The molecule has 2 amide bonds. The molecule has 7 nitrogen and oxygen atoms in total. The van der Waals surface area contributed by atoms with E-state index < -0.39 is 0 Å². The number of carbonyl (C=O) groups is 2. The zero-order valence-corrected chi connectivity index (χ0v) is 20.7. The normalized spacial score (nSPS) is 16.7. The van der Waals surface area contributed by atoms with Crippen molar-refractivity contribution in [3.05, 3.63) is 47.0 Å². The Kier molecular flexibility index (Phi) is 7.07. The smallest absolute Gasteiger partial charge is 0.274 e. The molecule has 0 spiro atoms. The van der Waals surface area contributed by atoms with E-state index in [4.69, 9.17) is 0 Å². The monoisotopic (exact) mass is 469 g/mol. The van der Waals surface area contributed by atoms with Crippen LogP contribution in [0.15, 0.2) is 24.3 Å². The topological polar surface area (TPSA) is 70.5 Å². The van der Waals surface area contributed by atoms with Crippen molar-refractivity contribution in [1.29, 1.82) is 0 Å². The second-order valence-electron chi connectivity index (χ2n) is 10.7. The third-order valence-electron chi connectivity index (χ3n) is 6.84. The van der Waals surface area contributed by atoms with Gasteiger partial charge in [-0.05, 0) is 75.9 Å². The van der Waals surface area contributed by atoms with Gasteiger partial charge in [0, 0.05) is 43.4 Å². The number of amides is 2. The van der Waals surface area contributed by atoms with Crippen LogP contribution in [0.1, 0.15) is 54.9 Å². The van der Waals surface area contributed by atoms with Gasteiger partial charge in [0.2, 0.25) is 5.91 Å². The van der Waals surface area contributed by atoms with E-state index in [-0.39, 0.29) is 29.0 Å². The van der Waals surface area contributed by atoms with Crippen molar-refractivity contribution in [3.8, 4) is 5.69 Å². The number of fused-ring (bicyclic) bond motifs is 1. The summed E-state index contributed by atoms with van der Waals surface area (Å²) in [4.78, 5) is 30.1. The van der Waals surface area contributed by atoms with Gasteiger partial charge in [-0.2, -0.15) is 5.10 Å². The van der Waals surface area contributed by atoms with Gasteiger partial charge in [-0.3, -0.25) is 9.59 Å². The first-order valence-corrected chi connectivity index (χ1v) is 12.2. The molecule has 1 fully saturated rings. The molecule has 1 aromatic carbocycles.